The number of benzene rings is 3. The SMILES string of the molecule is COc1cccc(CN2C[C@H](CN(C(=O)c3ccc(F)cc3)C(C)C)[C@H](c3cccc(C(F)(F)F)c3)C2)c1. The van der Waals surface area contributed by atoms with Crippen molar-refractivity contribution in [3.63, 3.8) is 0 Å². The minimum Gasteiger partial charge on any atom is -0.497 e. The Morgan fingerprint density at radius 2 is 1.74 bits per heavy atom. The summed E-state index contributed by atoms with van der Waals surface area (Å²) >= 11 is 0. The molecule has 0 spiro atoms. The number of methoxy groups -OCH3 is 1. The summed E-state index contributed by atoms with van der Waals surface area (Å²) in [5, 5.41) is 0. The smallest absolute Gasteiger partial charge is 0.416 e. The molecule has 1 heterocycles. The van der Waals surface area contributed by atoms with Crippen molar-refractivity contribution in [3.8, 4) is 5.75 Å². The van der Waals surface area contributed by atoms with E-state index in [-0.39, 0.29) is 23.8 Å². The molecule has 3 aromatic rings. The highest BCUT2D eigenvalue weighted by molar-refractivity contribution is 5.94. The van der Waals surface area contributed by atoms with Gasteiger partial charge in [-0.3, -0.25) is 9.69 Å². The van der Waals surface area contributed by atoms with E-state index >= 15 is 0 Å². The molecular formula is C30H32F4N2O2. The molecule has 0 N–H and O–H groups in total. The Bertz CT molecular complexity index is 1240. The molecule has 3 aromatic carbocycles. The highest BCUT2D eigenvalue weighted by Crippen LogP contribution is 2.38. The first kappa shape index (κ1) is 27.6. The predicted octanol–water partition coefficient (Wildman–Crippen LogP) is 6.62. The van der Waals surface area contributed by atoms with Gasteiger partial charge in [-0.1, -0.05) is 30.3 Å². The Morgan fingerprint density at radius 1 is 1.03 bits per heavy atom. The number of amides is 1. The van der Waals surface area contributed by atoms with Gasteiger partial charge in [0.05, 0.1) is 12.7 Å². The van der Waals surface area contributed by atoms with E-state index in [1.807, 2.05) is 38.1 Å². The zero-order valence-corrected chi connectivity index (χ0v) is 21.7. The number of alkyl halides is 3. The molecule has 0 aromatic heterocycles. The average molecular weight is 529 g/mol. The van der Waals surface area contributed by atoms with Crippen LogP contribution in [0.2, 0.25) is 0 Å². The van der Waals surface area contributed by atoms with Gasteiger partial charge in [-0.25, -0.2) is 4.39 Å². The van der Waals surface area contributed by atoms with Crippen LogP contribution < -0.4 is 4.74 Å². The molecule has 0 aliphatic carbocycles. The third-order valence-corrected chi connectivity index (χ3v) is 7.11. The summed E-state index contributed by atoms with van der Waals surface area (Å²) in [5.41, 5.74) is 1.34. The van der Waals surface area contributed by atoms with Crippen molar-refractivity contribution in [1.82, 2.24) is 9.80 Å². The van der Waals surface area contributed by atoms with Crippen molar-refractivity contribution in [1.29, 1.82) is 0 Å². The van der Waals surface area contributed by atoms with Crippen LogP contribution in [0.1, 0.15) is 46.8 Å². The van der Waals surface area contributed by atoms with Crippen LogP contribution in [0.4, 0.5) is 17.6 Å². The molecule has 4 rings (SSSR count). The van der Waals surface area contributed by atoms with Crippen molar-refractivity contribution in [2.45, 2.75) is 38.5 Å². The van der Waals surface area contributed by atoms with Gasteiger partial charge < -0.3 is 9.64 Å². The van der Waals surface area contributed by atoms with Crippen LogP contribution in [0.5, 0.6) is 5.75 Å². The van der Waals surface area contributed by atoms with E-state index in [9.17, 15) is 22.4 Å². The van der Waals surface area contributed by atoms with Gasteiger partial charge >= 0.3 is 6.18 Å². The summed E-state index contributed by atoms with van der Waals surface area (Å²) in [5.74, 6) is -0.218. The monoisotopic (exact) mass is 528 g/mol. The lowest BCUT2D eigenvalue weighted by Gasteiger charge is -2.32. The highest BCUT2D eigenvalue weighted by Gasteiger charge is 2.38. The second kappa shape index (κ2) is 11.6. The van der Waals surface area contributed by atoms with Crippen LogP contribution in [0.25, 0.3) is 0 Å². The number of nitrogens with zero attached hydrogens (tertiary/aromatic N) is 2. The lowest BCUT2D eigenvalue weighted by molar-refractivity contribution is -0.137. The number of ether oxygens (including phenoxy) is 1. The summed E-state index contributed by atoms with van der Waals surface area (Å²) < 4.78 is 59.4. The number of halogens is 4. The van der Waals surface area contributed by atoms with E-state index in [0.717, 1.165) is 17.4 Å². The topological polar surface area (TPSA) is 32.8 Å². The molecule has 0 bridgehead atoms. The lowest BCUT2D eigenvalue weighted by atomic mass is 9.87. The maximum absolute atomic E-state index is 13.5. The molecule has 38 heavy (non-hydrogen) atoms. The molecule has 0 radical (unpaired) electrons. The predicted molar refractivity (Wildman–Crippen MR) is 139 cm³/mol. The maximum Gasteiger partial charge on any atom is 0.416 e. The van der Waals surface area contributed by atoms with Crippen molar-refractivity contribution in [2.24, 2.45) is 5.92 Å². The van der Waals surface area contributed by atoms with Crippen LogP contribution in [-0.4, -0.2) is 48.5 Å². The van der Waals surface area contributed by atoms with Gasteiger partial charge in [-0.2, -0.15) is 13.2 Å². The molecule has 1 saturated heterocycles. The maximum atomic E-state index is 13.5. The largest absolute Gasteiger partial charge is 0.497 e. The summed E-state index contributed by atoms with van der Waals surface area (Å²) in [6.45, 7) is 5.95. The standard InChI is InChI=1S/C30H32F4N2O2/c1-20(2)36(29(37)22-10-12-26(31)13-11-22)18-24-17-35(16-21-6-4-9-27(14-21)38-3)19-28(24)23-7-5-8-25(15-23)30(32,33)34/h4-15,20,24,28H,16-19H2,1-3H3/t24-,28+/m1/s1. The van der Waals surface area contributed by atoms with E-state index in [0.29, 0.717) is 37.3 Å². The van der Waals surface area contributed by atoms with Crippen LogP contribution in [-0.2, 0) is 12.7 Å². The summed E-state index contributed by atoms with van der Waals surface area (Å²) in [4.78, 5) is 17.3. The first-order valence-corrected chi connectivity index (χ1v) is 12.6. The minimum atomic E-state index is -4.44. The third-order valence-electron chi connectivity index (χ3n) is 7.11. The number of hydrogen-bond donors (Lipinski definition) is 0. The molecule has 8 heteroatoms. The van der Waals surface area contributed by atoms with Crippen LogP contribution in [0.15, 0.2) is 72.8 Å². The van der Waals surface area contributed by atoms with Gasteiger partial charge in [0.2, 0.25) is 0 Å². The first-order valence-electron chi connectivity index (χ1n) is 12.6. The van der Waals surface area contributed by atoms with Crippen molar-refractivity contribution < 1.29 is 27.1 Å². The Morgan fingerprint density at radius 3 is 2.39 bits per heavy atom. The molecular weight excluding hydrogens is 496 g/mol. The number of carbonyl (C=O) groups excluding carboxylic acids is 1. The number of rotatable bonds is 8. The molecule has 1 aliphatic rings. The molecule has 0 unspecified atom stereocenters. The van der Waals surface area contributed by atoms with E-state index in [2.05, 4.69) is 4.90 Å². The summed E-state index contributed by atoms with van der Waals surface area (Å²) in [7, 11) is 1.60. The van der Waals surface area contributed by atoms with Gasteiger partial charge in [0.25, 0.3) is 5.91 Å². The van der Waals surface area contributed by atoms with E-state index < -0.39 is 17.6 Å². The molecule has 1 amide bonds. The zero-order valence-electron chi connectivity index (χ0n) is 21.7. The minimum absolute atomic E-state index is 0.101. The second-order valence-corrected chi connectivity index (χ2v) is 10.1. The van der Waals surface area contributed by atoms with Gasteiger partial charge in [-0.15, -0.1) is 0 Å². The Kier molecular flexibility index (Phi) is 8.41. The zero-order chi connectivity index (χ0) is 27.4. The lowest BCUT2D eigenvalue weighted by Crippen LogP contribution is -2.42. The third kappa shape index (κ3) is 6.54. The summed E-state index contributed by atoms with van der Waals surface area (Å²) in [6.07, 6.45) is -4.44. The average Bonchev–Trinajstić information content (AvgIpc) is 3.29. The van der Waals surface area contributed by atoms with E-state index in [1.54, 1.807) is 18.1 Å². The van der Waals surface area contributed by atoms with Crippen molar-refractivity contribution >= 4 is 5.91 Å². The molecule has 1 fully saturated rings. The quantitative estimate of drug-likeness (QED) is 0.308. The van der Waals surface area contributed by atoms with Gasteiger partial charge in [0.15, 0.2) is 0 Å². The van der Waals surface area contributed by atoms with Crippen molar-refractivity contribution in [3.05, 3.63) is 101 Å². The summed E-state index contributed by atoms with van der Waals surface area (Å²) in [6, 6.07) is 18.5. The van der Waals surface area contributed by atoms with Crippen molar-refractivity contribution in [2.75, 3.05) is 26.7 Å². The number of likely N-dealkylation sites (tertiary alicyclic amines) is 1. The van der Waals surface area contributed by atoms with Gasteiger partial charge in [0, 0.05) is 43.7 Å². The molecule has 0 saturated carbocycles. The van der Waals surface area contributed by atoms with Crippen LogP contribution >= 0.6 is 0 Å². The fourth-order valence-corrected chi connectivity index (χ4v) is 5.17. The molecule has 202 valence electrons. The fraction of sp³-hybridized carbons (Fsp3) is 0.367. The Balaban J connectivity index is 1.63. The van der Waals surface area contributed by atoms with E-state index in [1.165, 1.54) is 36.4 Å². The Hall–Kier alpha value is -3.39. The highest BCUT2D eigenvalue weighted by atomic mass is 19.4. The first-order chi connectivity index (χ1) is 18.0. The molecule has 1 aliphatic heterocycles. The van der Waals surface area contributed by atoms with Crippen LogP contribution in [0.3, 0.4) is 0 Å². The molecule has 4 nitrogen and oxygen atoms in total. The van der Waals surface area contributed by atoms with Gasteiger partial charge in [-0.05, 0) is 73.4 Å². The normalized spacial score (nSPS) is 18.1. The Labute approximate surface area is 220 Å². The van der Waals surface area contributed by atoms with Gasteiger partial charge in [0.1, 0.15) is 11.6 Å². The number of carbonyl (C=O) groups is 1. The van der Waals surface area contributed by atoms with Crippen LogP contribution in [0, 0.1) is 11.7 Å². The van der Waals surface area contributed by atoms with E-state index in [4.69, 9.17) is 4.74 Å². The fourth-order valence-electron chi connectivity index (χ4n) is 5.17. The molecule has 2 atom stereocenters. The second-order valence-electron chi connectivity index (χ2n) is 10.1. The number of hydrogen-bond acceptors (Lipinski definition) is 3.